The summed E-state index contributed by atoms with van der Waals surface area (Å²) in [4.78, 5) is 0. The maximum absolute atomic E-state index is 5.40. The van der Waals surface area contributed by atoms with Gasteiger partial charge in [0.1, 0.15) is 0 Å². The van der Waals surface area contributed by atoms with Crippen LogP contribution in [0, 0.1) is 5.92 Å². The summed E-state index contributed by atoms with van der Waals surface area (Å²) in [5.74, 6) is 0.937. The fraction of sp³-hybridized carbons (Fsp3) is 1.00. The molecule has 1 saturated carbocycles. The smallest absolute Gasteiger partial charge is 0.00772 e. The van der Waals surface area contributed by atoms with Gasteiger partial charge in [-0.25, -0.2) is 0 Å². The highest BCUT2D eigenvalue weighted by molar-refractivity contribution is 4.68. The third-order valence-electron chi connectivity index (χ3n) is 3.91. The summed E-state index contributed by atoms with van der Waals surface area (Å²) in [5, 5.41) is 13.7. The van der Waals surface area contributed by atoms with E-state index in [0.717, 1.165) is 58.3 Å². The number of nitrogens with one attached hydrogen (secondary N) is 4. The van der Waals surface area contributed by atoms with E-state index in [2.05, 4.69) is 21.3 Å². The topological polar surface area (TPSA) is 74.1 Å². The molecule has 0 spiro atoms. The quantitative estimate of drug-likeness (QED) is 0.305. The van der Waals surface area contributed by atoms with E-state index < -0.39 is 0 Å². The van der Waals surface area contributed by atoms with Crippen molar-refractivity contribution in [3.05, 3.63) is 0 Å². The fourth-order valence-electron chi connectivity index (χ4n) is 2.70. The van der Waals surface area contributed by atoms with Crippen LogP contribution in [0.3, 0.4) is 0 Å². The average molecular weight is 285 g/mol. The SMILES string of the molecule is NCCNCCNCCNCCNCC1CCCCC1. The van der Waals surface area contributed by atoms with Gasteiger partial charge in [0.05, 0.1) is 0 Å². The highest BCUT2D eigenvalue weighted by atomic mass is 15.0. The molecule has 0 aliphatic heterocycles. The molecule has 0 aromatic rings. The van der Waals surface area contributed by atoms with E-state index >= 15 is 0 Å². The minimum atomic E-state index is 0.718. The van der Waals surface area contributed by atoms with Crippen molar-refractivity contribution >= 4 is 0 Å². The minimum Gasteiger partial charge on any atom is -0.329 e. The van der Waals surface area contributed by atoms with E-state index in [9.17, 15) is 0 Å². The molecule has 0 amide bonds. The molecule has 1 fully saturated rings. The third kappa shape index (κ3) is 10.6. The van der Waals surface area contributed by atoms with Gasteiger partial charge in [0, 0.05) is 52.4 Å². The molecule has 5 nitrogen and oxygen atoms in total. The Labute approximate surface area is 124 Å². The predicted molar refractivity (Wildman–Crippen MR) is 87.1 cm³/mol. The molecule has 0 bridgehead atoms. The maximum Gasteiger partial charge on any atom is 0.00772 e. The summed E-state index contributed by atoms with van der Waals surface area (Å²) in [7, 11) is 0. The summed E-state index contributed by atoms with van der Waals surface area (Å²) in [6.45, 7) is 9.10. The minimum absolute atomic E-state index is 0.718. The first-order valence-electron chi connectivity index (χ1n) is 8.46. The van der Waals surface area contributed by atoms with Crippen molar-refractivity contribution in [2.24, 2.45) is 11.7 Å². The molecule has 1 aliphatic rings. The Morgan fingerprint density at radius 3 is 1.70 bits per heavy atom. The summed E-state index contributed by atoms with van der Waals surface area (Å²) < 4.78 is 0. The van der Waals surface area contributed by atoms with Crippen LogP contribution in [0.4, 0.5) is 0 Å². The van der Waals surface area contributed by atoms with Crippen LogP contribution >= 0.6 is 0 Å². The van der Waals surface area contributed by atoms with Gasteiger partial charge in [-0.3, -0.25) is 0 Å². The fourth-order valence-corrected chi connectivity index (χ4v) is 2.70. The standard InChI is InChI=1S/C15H35N5/c16-6-7-17-8-9-18-10-11-19-12-13-20-14-15-4-2-1-3-5-15/h15,17-20H,1-14,16H2. The molecule has 6 N–H and O–H groups in total. The number of rotatable bonds is 13. The van der Waals surface area contributed by atoms with Gasteiger partial charge in [0.15, 0.2) is 0 Å². The number of nitrogens with two attached hydrogens (primary N) is 1. The number of hydrogen-bond donors (Lipinski definition) is 5. The molecular formula is C15H35N5. The molecule has 120 valence electrons. The van der Waals surface area contributed by atoms with E-state index in [1.54, 1.807) is 0 Å². The highest BCUT2D eigenvalue weighted by Gasteiger charge is 2.11. The van der Waals surface area contributed by atoms with Gasteiger partial charge in [-0.2, -0.15) is 0 Å². The Morgan fingerprint density at radius 1 is 0.650 bits per heavy atom. The molecule has 0 unspecified atom stereocenters. The van der Waals surface area contributed by atoms with E-state index in [1.165, 1.54) is 38.6 Å². The zero-order valence-corrected chi connectivity index (χ0v) is 13.1. The molecule has 1 aliphatic carbocycles. The van der Waals surface area contributed by atoms with Crippen LogP contribution in [0.15, 0.2) is 0 Å². The van der Waals surface area contributed by atoms with Crippen LogP contribution in [0.25, 0.3) is 0 Å². The molecule has 0 radical (unpaired) electrons. The first-order chi connectivity index (χ1) is 9.93. The first-order valence-corrected chi connectivity index (χ1v) is 8.46. The monoisotopic (exact) mass is 285 g/mol. The Bertz CT molecular complexity index is 195. The normalized spacial score (nSPS) is 16.6. The van der Waals surface area contributed by atoms with Gasteiger partial charge in [-0.15, -0.1) is 0 Å². The third-order valence-corrected chi connectivity index (χ3v) is 3.91. The van der Waals surface area contributed by atoms with Crippen molar-refractivity contribution < 1.29 is 0 Å². The van der Waals surface area contributed by atoms with Gasteiger partial charge in [0.2, 0.25) is 0 Å². The summed E-state index contributed by atoms with van der Waals surface area (Å²) in [6, 6.07) is 0. The van der Waals surface area contributed by atoms with Gasteiger partial charge >= 0.3 is 0 Å². The van der Waals surface area contributed by atoms with Crippen molar-refractivity contribution in [1.29, 1.82) is 0 Å². The van der Waals surface area contributed by atoms with Gasteiger partial charge < -0.3 is 27.0 Å². The van der Waals surface area contributed by atoms with Crippen molar-refractivity contribution in [2.45, 2.75) is 32.1 Å². The lowest BCUT2D eigenvalue weighted by atomic mass is 9.89. The molecule has 0 heterocycles. The van der Waals surface area contributed by atoms with E-state index in [4.69, 9.17) is 5.73 Å². The van der Waals surface area contributed by atoms with Crippen LogP contribution < -0.4 is 27.0 Å². The second-order valence-corrected chi connectivity index (χ2v) is 5.75. The van der Waals surface area contributed by atoms with E-state index in [1.807, 2.05) is 0 Å². The molecule has 0 aromatic carbocycles. The molecule has 0 aromatic heterocycles. The van der Waals surface area contributed by atoms with Crippen LogP contribution in [0.1, 0.15) is 32.1 Å². The average Bonchev–Trinajstić information content (AvgIpc) is 2.49. The predicted octanol–water partition coefficient (Wildman–Crippen LogP) is -0.116. The zero-order chi connectivity index (χ0) is 14.3. The molecule has 1 rings (SSSR count). The van der Waals surface area contributed by atoms with Gasteiger partial charge in [-0.1, -0.05) is 19.3 Å². The molecule has 0 saturated heterocycles. The van der Waals surface area contributed by atoms with E-state index in [0.29, 0.717) is 0 Å². The van der Waals surface area contributed by atoms with Crippen LogP contribution in [0.5, 0.6) is 0 Å². The maximum atomic E-state index is 5.40. The first kappa shape index (κ1) is 17.9. The van der Waals surface area contributed by atoms with Crippen molar-refractivity contribution in [1.82, 2.24) is 21.3 Å². The lowest BCUT2D eigenvalue weighted by Crippen LogP contribution is -2.36. The Balaban J connectivity index is 1.70. The Morgan fingerprint density at radius 2 is 1.15 bits per heavy atom. The second-order valence-electron chi connectivity index (χ2n) is 5.75. The number of hydrogen-bond acceptors (Lipinski definition) is 5. The molecular weight excluding hydrogens is 250 g/mol. The second kappa shape index (κ2) is 13.8. The summed E-state index contributed by atoms with van der Waals surface area (Å²) >= 11 is 0. The zero-order valence-electron chi connectivity index (χ0n) is 13.1. The lowest BCUT2D eigenvalue weighted by molar-refractivity contribution is 0.342. The largest absolute Gasteiger partial charge is 0.329 e. The molecule has 5 heteroatoms. The summed E-state index contributed by atoms with van der Waals surface area (Å²) in [6.07, 6.45) is 7.20. The van der Waals surface area contributed by atoms with Crippen LogP contribution in [0.2, 0.25) is 0 Å². The molecule has 20 heavy (non-hydrogen) atoms. The summed E-state index contributed by atoms with van der Waals surface area (Å²) in [5.41, 5.74) is 5.40. The van der Waals surface area contributed by atoms with Crippen molar-refractivity contribution in [2.75, 3.05) is 58.9 Å². The highest BCUT2D eigenvalue weighted by Crippen LogP contribution is 2.22. The van der Waals surface area contributed by atoms with Crippen molar-refractivity contribution in [3.8, 4) is 0 Å². The molecule has 0 atom stereocenters. The Hall–Kier alpha value is -0.200. The van der Waals surface area contributed by atoms with E-state index in [-0.39, 0.29) is 0 Å². The van der Waals surface area contributed by atoms with Gasteiger partial charge in [0.25, 0.3) is 0 Å². The van der Waals surface area contributed by atoms with Gasteiger partial charge in [-0.05, 0) is 25.3 Å². The van der Waals surface area contributed by atoms with Crippen LogP contribution in [-0.2, 0) is 0 Å². The van der Waals surface area contributed by atoms with Crippen molar-refractivity contribution in [3.63, 3.8) is 0 Å². The lowest BCUT2D eigenvalue weighted by Gasteiger charge is -2.21. The Kier molecular flexibility index (Phi) is 12.3. The van der Waals surface area contributed by atoms with Crippen LogP contribution in [-0.4, -0.2) is 58.9 Å².